The molecule has 0 amide bonds. The number of benzene rings is 1. The Morgan fingerprint density at radius 2 is 2.29 bits per heavy atom. The molecule has 1 unspecified atom stereocenters. The largest absolute Gasteiger partial charge is 0.487 e. The van der Waals surface area contributed by atoms with E-state index in [4.69, 9.17) is 4.74 Å². The Kier molecular flexibility index (Phi) is 5.38. The van der Waals surface area contributed by atoms with Gasteiger partial charge in [-0.2, -0.15) is 0 Å². The third-order valence-electron chi connectivity index (χ3n) is 3.78. The summed E-state index contributed by atoms with van der Waals surface area (Å²) in [5.74, 6) is 0.329. The molecule has 1 aromatic rings. The molecule has 0 spiro atoms. The normalized spacial score (nSPS) is 19.2. The highest BCUT2D eigenvalue weighted by Gasteiger charge is 2.20. The zero-order valence-corrected chi connectivity index (χ0v) is 12.7. The minimum atomic E-state index is -0.409. The van der Waals surface area contributed by atoms with Gasteiger partial charge in [-0.1, -0.05) is 6.92 Å². The lowest BCUT2D eigenvalue weighted by Gasteiger charge is -2.32. The number of piperidine rings is 1. The standard InChI is InChI=1S/C15H23N3O3/c1-3-17-9-5-6-13(11-17)16-12-7-8-14(18(19)20)15(10-12)21-4-2/h7-8,10,13,16H,3-6,9,11H2,1-2H3. The van der Waals surface area contributed by atoms with Gasteiger partial charge >= 0.3 is 5.69 Å². The smallest absolute Gasteiger partial charge is 0.311 e. The second-order valence-electron chi connectivity index (χ2n) is 5.25. The number of hydrogen-bond acceptors (Lipinski definition) is 5. The van der Waals surface area contributed by atoms with Gasteiger partial charge in [0.1, 0.15) is 0 Å². The number of nitro benzene ring substituents is 1. The quantitative estimate of drug-likeness (QED) is 0.645. The lowest BCUT2D eigenvalue weighted by molar-refractivity contribution is -0.385. The van der Waals surface area contributed by atoms with E-state index in [2.05, 4.69) is 17.1 Å². The van der Waals surface area contributed by atoms with Crippen molar-refractivity contribution in [2.75, 3.05) is 31.6 Å². The van der Waals surface area contributed by atoms with Crippen LogP contribution in [0.4, 0.5) is 11.4 Å². The van der Waals surface area contributed by atoms with Crippen molar-refractivity contribution < 1.29 is 9.66 Å². The van der Waals surface area contributed by atoms with Gasteiger partial charge < -0.3 is 15.0 Å². The number of likely N-dealkylation sites (tertiary alicyclic amines) is 1. The van der Waals surface area contributed by atoms with Gasteiger partial charge in [0.25, 0.3) is 0 Å². The molecule has 21 heavy (non-hydrogen) atoms. The minimum absolute atomic E-state index is 0.0150. The summed E-state index contributed by atoms with van der Waals surface area (Å²) in [4.78, 5) is 13.0. The van der Waals surface area contributed by atoms with Crippen molar-refractivity contribution in [2.24, 2.45) is 0 Å². The van der Waals surface area contributed by atoms with Gasteiger partial charge in [0.15, 0.2) is 5.75 Å². The van der Waals surface area contributed by atoms with E-state index in [1.165, 1.54) is 12.5 Å². The molecule has 1 atom stereocenters. The first-order chi connectivity index (χ1) is 10.1. The predicted octanol–water partition coefficient (Wildman–Crippen LogP) is 2.89. The fourth-order valence-electron chi connectivity index (χ4n) is 2.72. The zero-order valence-electron chi connectivity index (χ0n) is 12.7. The molecular weight excluding hydrogens is 270 g/mol. The first-order valence-electron chi connectivity index (χ1n) is 7.54. The summed E-state index contributed by atoms with van der Waals surface area (Å²) < 4.78 is 5.38. The lowest BCUT2D eigenvalue weighted by Crippen LogP contribution is -2.41. The van der Waals surface area contributed by atoms with Crippen molar-refractivity contribution in [1.29, 1.82) is 0 Å². The van der Waals surface area contributed by atoms with Crippen molar-refractivity contribution in [3.63, 3.8) is 0 Å². The van der Waals surface area contributed by atoms with Crippen LogP contribution in [0.3, 0.4) is 0 Å². The number of ether oxygens (including phenoxy) is 1. The Morgan fingerprint density at radius 1 is 1.48 bits per heavy atom. The molecule has 1 N–H and O–H groups in total. The molecule has 0 aliphatic carbocycles. The highest BCUT2D eigenvalue weighted by atomic mass is 16.6. The average Bonchev–Trinajstić information content (AvgIpc) is 2.48. The van der Waals surface area contributed by atoms with E-state index in [0.717, 1.165) is 31.7 Å². The molecule has 1 heterocycles. The van der Waals surface area contributed by atoms with Crippen molar-refractivity contribution in [3.8, 4) is 5.75 Å². The molecular formula is C15H23N3O3. The summed E-state index contributed by atoms with van der Waals surface area (Å²) >= 11 is 0. The van der Waals surface area contributed by atoms with Gasteiger partial charge in [-0.3, -0.25) is 10.1 Å². The van der Waals surface area contributed by atoms with Crippen molar-refractivity contribution >= 4 is 11.4 Å². The molecule has 0 radical (unpaired) electrons. The molecule has 1 fully saturated rings. The lowest BCUT2D eigenvalue weighted by atomic mass is 10.1. The Labute approximate surface area is 125 Å². The van der Waals surface area contributed by atoms with Crippen molar-refractivity contribution in [1.82, 2.24) is 4.90 Å². The van der Waals surface area contributed by atoms with Gasteiger partial charge in [0.05, 0.1) is 11.5 Å². The van der Waals surface area contributed by atoms with Crippen LogP contribution in [0.15, 0.2) is 18.2 Å². The van der Waals surface area contributed by atoms with Crippen LogP contribution in [-0.4, -0.2) is 42.1 Å². The number of nitro groups is 1. The Balaban J connectivity index is 2.09. The zero-order chi connectivity index (χ0) is 15.2. The molecule has 6 heteroatoms. The first-order valence-corrected chi connectivity index (χ1v) is 7.54. The molecule has 1 saturated heterocycles. The first kappa shape index (κ1) is 15.6. The van der Waals surface area contributed by atoms with E-state index in [1.54, 1.807) is 12.1 Å². The maximum atomic E-state index is 11.0. The topological polar surface area (TPSA) is 67.6 Å². The van der Waals surface area contributed by atoms with Crippen LogP contribution in [-0.2, 0) is 0 Å². The number of anilines is 1. The highest BCUT2D eigenvalue weighted by molar-refractivity contribution is 5.58. The van der Waals surface area contributed by atoms with Crippen LogP contribution in [0.1, 0.15) is 26.7 Å². The van der Waals surface area contributed by atoms with Gasteiger partial charge in [-0.05, 0) is 38.9 Å². The van der Waals surface area contributed by atoms with E-state index in [9.17, 15) is 10.1 Å². The number of hydrogen-bond donors (Lipinski definition) is 1. The predicted molar refractivity (Wildman–Crippen MR) is 83.0 cm³/mol. The van der Waals surface area contributed by atoms with E-state index in [0.29, 0.717) is 18.4 Å². The molecule has 1 aliphatic heterocycles. The summed E-state index contributed by atoms with van der Waals surface area (Å²) in [6.45, 7) is 7.63. The van der Waals surface area contributed by atoms with Crippen LogP contribution >= 0.6 is 0 Å². The van der Waals surface area contributed by atoms with Crippen LogP contribution < -0.4 is 10.1 Å². The summed E-state index contributed by atoms with van der Waals surface area (Å²) in [6.07, 6.45) is 2.30. The number of nitrogens with one attached hydrogen (secondary N) is 1. The van der Waals surface area contributed by atoms with E-state index in [1.807, 2.05) is 6.92 Å². The third kappa shape index (κ3) is 4.07. The Morgan fingerprint density at radius 3 is 2.95 bits per heavy atom. The average molecular weight is 293 g/mol. The van der Waals surface area contributed by atoms with Crippen molar-refractivity contribution in [3.05, 3.63) is 28.3 Å². The molecule has 1 aromatic carbocycles. The highest BCUT2D eigenvalue weighted by Crippen LogP contribution is 2.30. The third-order valence-corrected chi connectivity index (χ3v) is 3.78. The van der Waals surface area contributed by atoms with Crippen LogP contribution in [0.2, 0.25) is 0 Å². The molecule has 6 nitrogen and oxygen atoms in total. The van der Waals surface area contributed by atoms with Gasteiger partial charge in [0.2, 0.25) is 0 Å². The van der Waals surface area contributed by atoms with Crippen LogP contribution in [0.25, 0.3) is 0 Å². The second-order valence-corrected chi connectivity index (χ2v) is 5.25. The fraction of sp³-hybridized carbons (Fsp3) is 0.600. The maximum absolute atomic E-state index is 11.0. The second kappa shape index (κ2) is 7.26. The molecule has 0 aromatic heterocycles. The number of likely N-dealkylation sites (N-methyl/N-ethyl adjacent to an activating group) is 1. The summed E-state index contributed by atoms with van der Waals surface area (Å²) in [5, 5.41) is 14.4. The van der Waals surface area contributed by atoms with Crippen LogP contribution in [0.5, 0.6) is 5.75 Å². The molecule has 1 aliphatic rings. The summed E-state index contributed by atoms with van der Waals surface area (Å²) in [7, 11) is 0. The Hall–Kier alpha value is -1.82. The van der Waals surface area contributed by atoms with Gasteiger partial charge in [-0.15, -0.1) is 0 Å². The fourth-order valence-corrected chi connectivity index (χ4v) is 2.72. The van der Waals surface area contributed by atoms with Gasteiger partial charge in [0, 0.05) is 30.4 Å². The van der Waals surface area contributed by atoms with Gasteiger partial charge in [-0.25, -0.2) is 0 Å². The Bertz CT molecular complexity index is 493. The summed E-state index contributed by atoms with van der Waals surface area (Å²) in [5.41, 5.74) is 0.897. The number of rotatable bonds is 6. The monoisotopic (exact) mass is 293 g/mol. The maximum Gasteiger partial charge on any atom is 0.311 e. The summed E-state index contributed by atoms with van der Waals surface area (Å²) in [6, 6.07) is 5.38. The van der Waals surface area contributed by atoms with E-state index < -0.39 is 4.92 Å². The molecule has 2 rings (SSSR count). The van der Waals surface area contributed by atoms with Crippen molar-refractivity contribution in [2.45, 2.75) is 32.7 Å². The van der Waals surface area contributed by atoms with Crippen LogP contribution in [0, 0.1) is 10.1 Å². The molecule has 0 bridgehead atoms. The van der Waals surface area contributed by atoms with E-state index >= 15 is 0 Å². The minimum Gasteiger partial charge on any atom is -0.487 e. The molecule has 0 saturated carbocycles. The molecule has 116 valence electrons. The number of nitrogens with zero attached hydrogens (tertiary/aromatic N) is 2. The van der Waals surface area contributed by atoms with E-state index in [-0.39, 0.29) is 5.69 Å². The SMILES string of the molecule is CCOc1cc(NC2CCCN(CC)C2)ccc1[N+](=O)[O-].